The van der Waals surface area contributed by atoms with Crippen LogP contribution in [0.1, 0.15) is 10.4 Å². The molecule has 1 aromatic carbocycles. The number of halogens is 1. The molecule has 0 bridgehead atoms. The van der Waals surface area contributed by atoms with Crippen molar-refractivity contribution >= 4 is 28.4 Å². The number of benzene rings is 1. The van der Waals surface area contributed by atoms with Gasteiger partial charge in [0.05, 0.1) is 6.54 Å². The third-order valence-corrected chi connectivity index (χ3v) is 3.78. The summed E-state index contributed by atoms with van der Waals surface area (Å²) in [5, 5.41) is 0. The van der Waals surface area contributed by atoms with Gasteiger partial charge in [-0.25, -0.2) is 0 Å². The number of ketones is 1. The zero-order valence-corrected chi connectivity index (χ0v) is 12.2. The van der Waals surface area contributed by atoms with E-state index in [0.717, 1.165) is 35.3 Å². The number of carbonyl (C=O) groups is 1. The van der Waals surface area contributed by atoms with E-state index in [-0.39, 0.29) is 5.78 Å². The Balaban J connectivity index is 1.93. The number of piperazine rings is 1. The Kier molecular flexibility index (Phi) is 4.53. The molecule has 0 amide bonds. The average Bonchev–Trinajstić information content (AvgIpc) is 2.32. The molecule has 1 aliphatic rings. The molecule has 92 valence electrons. The topological polar surface area (TPSA) is 23.6 Å². The van der Waals surface area contributed by atoms with Gasteiger partial charge in [0.1, 0.15) is 0 Å². The van der Waals surface area contributed by atoms with Crippen LogP contribution in [0.2, 0.25) is 0 Å². The molecule has 0 aromatic heterocycles. The third kappa shape index (κ3) is 3.76. The van der Waals surface area contributed by atoms with Crippen molar-refractivity contribution in [2.24, 2.45) is 0 Å². The van der Waals surface area contributed by atoms with Crippen molar-refractivity contribution in [1.82, 2.24) is 9.80 Å². The number of likely N-dealkylation sites (N-methyl/N-ethyl adjacent to an activating group) is 1. The Morgan fingerprint density at radius 3 is 2.65 bits per heavy atom. The van der Waals surface area contributed by atoms with Crippen LogP contribution in [0.25, 0.3) is 0 Å². The van der Waals surface area contributed by atoms with E-state index in [0.29, 0.717) is 6.54 Å². The van der Waals surface area contributed by atoms with E-state index >= 15 is 0 Å². The van der Waals surface area contributed by atoms with Crippen LogP contribution in [-0.4, -0.2) is 55.4 Å². The lowest BCUT2D eigenvalue weighted by Gasteiger charge is -2.31. The second-order valence-corrected chi connectivity index (χ2v) is 5.76. The first-order valence-electron chi connectivity index (χ1n) is 5.85. The molecule has 1 aliphatic heterocycles. The van der Waals surface area contributed by atoms with Crippen LogP contribution in [0.3, 0.4) is 0 Å². The summed E-state index contributed by atoms with van der Waals surface area (Å²) in [6.45, 7) is 4.64. The molecule has 0 saturated carbocycles. The van der Waals surface area contributed by atoms with Crippen LogP contribution in [-0.2, 0) is 0 Å². The van der Waals surface area contributed by atoms with E-state index in [1.165, 1.54) is 0 Å². The first kappa shape index (κ1) is 13.0. The summed E-state index contributed by atoms with van der Waals surface area (Å²) in [6, 6.07) is 7.81. The fourth-order valence-electron chi connectivity index (χ4n) is 1.96. The largest absolute Gasteiger partial charge is 0.304 e. The molecule has 0 N–H and O–H groups in total. The van der Waals surface area contributed by atoms with Crippen molar-refractivity contribution in [2.45, 2.75) is 0 Å². The maximum absolute atomic E-state index is 12.1. The molecule has 1 heterocycles. The maximum Gasteiger partial charge on any atom is 0.176 e. The molecule has 0 aliphatic carbocycles. The van der Waals surface area contributed by atoms with E-state index in [2.05, 4.69) is 39.4 Å². The van der Waals surface area contributed by atoms with Crippen LogP contribution in [0.4, 0.5) is 0 Å². The van der Waals surface area contributed by atoms with E-state index in [1.807, 2.05) is 24.3 Å². The van der Waals surface area contributed by atoms with Gasteiger partial charge in [0.2, 0.25) is 0 Å². The van der Waals surface area contributed by atoms with Crippen molar-refractivity contribution in [2.75, 3.05) is 39.8 Å². The third-order valence-electron chi connectivity index (χ3n) is 3.11. The molecular weight excluding hydrogens is 327 g/mol. The molecule has 4 heteroatoms. The van der Waals surface area contributed by atoms with Gasteiger partial charge in [0.25, 0.3) is 0 Å². The lowest BCUT2D eigenvalue weighted by molar-refractivity contribution is 0.0876. The molecule has 1 aromatic rings. The SMILES string of the molecule is CN1CCN(CC(=O)c2cccc(I)c2)CC1. The highest BCUT2D eigenvalue weighted by Crippen LogP contribution is 2.09. The first-order valence-corrected chi connectivity index (χ1v) is 6.93. The highest BCUT2D eigenvalue weighted by molar-refractivity contribution is 14.1. The maximum atomic E-state index is 12.1. The fraction of sp³-hybridized carbons (Fsp3) is 0.462. The van der Waals surface area contributed by atoms with Gasteiger partial charge in [-0.15, -0.1) is 0 Å². The molecule has 17 heavy (non-hydrogen) atoms. The van der Waals surface area contributed by atoms with Crippen LogP contribution in [0.15, 0.2) is 24.3 Å². The van der Waals surface area contributed by atoms with Crippen LogP contribution < -0.4 is 0 Å². The molecule has 2 rings (SSSR count). The van der Waals surface area contributed by atoms with Crippen LogP contribution in [0, 0.1) is 3.57 Å². The number of Topliss-reactive ketones (excluding diaryl/α,β-unsaturated/α-hetero) is 1. The Labute approximate surface area is 116 Å². The highest BCUT2D eigenvalue weighted by atomic mass is 127. The van der Waals surface area contributed by atoms with Crippen molar-refractivity contribution in [3.05, 3.63) is 33.4 Å². The molecule has 1 fully saturated rings. The Bertz CT molecular complexity index is 400. The zero-order chi connectivity index (χ0) is 12.3. The number of hydrogen-bond acceptors (Lipinski definition) is 3. The summed E-state index contributed by atoms with van der Waals surface area (Å²) in [6.07, 6.45) is 0. The summed E-state index contributed by atoms with van der Waals surface area (Å²) in [7, 11) is 2.12. The van der Waals surface area contributed by atoms with E-state index < -0.39 is 0 Å². The van der Waals surface area contributed by atoms with Gasteiger partial charge >= 0.3 is 0 Å². The number of carbonyl (C=O) groups excluding carboxylic acids is 1. The van der Waals surface area contributed by atoms with E-state index in [1.54, 1.807) is 0 Å². The highest BCUT2D eigenvalue weighted by Gasteiger charge is 2.17. The van der Waals surface area contributed by atoms with Crippen molar-refractivity contribution in [3.63, 3.8) is 0 Å². The normalized spacial score (nSPS) is 18.2. The fourth-order valence-corrected chi connectivity index (χ4v) is 2.51. The summed E-state index contributed by atoms with van der Waals surface area (Å²) in [5.41, 5.74) is 0.829. The molecule has 0 radical (unpaired) electrons. The summed E-state index contributed by atoms with van der Waals surface area (Å²) in [4.78, 5) is 16.6. The lowest BCUT2D eigenvalue weighted by atomic mass is 10.1. The van der Waals surface area contributed by atoms with E-state index in [4.69, 9.17) is 0 Å². The quantitative estimate of drug-likeness (QED) is 0.616. The van der Waals surface area contributed by atoms with Crippen molar-refractivity contribution < 1.29 is 4.79 Å². The van der Waals surface area contributed by atoms with Gasteiger partial charge in [0, 0.05) is 35.3 Å². The van der Waals surface area contributed by atoms with E-state index in [9.17, 15) is 4.79 Å². The Morgan fingerprint density at radius 1 is 1.29 bits per heavy atom. The molecule has 3 nitrogen and oxygen atoms in total. The summed E-state index contributed by atoms with van der Waals surface area (Å²) in [5.74, 6) is 0.230. The minimum absolute atomic E-state index is 0.230. The predicted octanol–water partition coefficient (Wildman–Crippen LogP) is 1.72. The Hall–Kier alpha value is -0.460. The molecule has 0 spiro atoms. The molecule has 0 atom stereocenters. The van der Waals surface area contributed by atoms with Crippen molar-refractivity contribution in [3.8, 4) is 0 Å². The van der Waals surface area contributed by atoms with Gasteiger partial charge in [-0.2, -0.15) is 0 Å². The lowest BCUT2D eigenvalue weighted by Crippen LogP contribution is -2.46. The average molecular weight is 344 g/mol. The minimum Gasteiger partial charge on any atom is -0.304 e. The number of hydrogen-bond donors (Lipinski definition) is 0. The number of nitrogens with zero attached hydrogens (tertiary/aromatic N) is 2. The standard InChI is InChI=1S/C13H17IN2O/c1-15-5-7-16(8-6-15)10-13(17)11-3-2-4-12(14)9-11/h2-4,9H,5-8,10H2,1H3. The minimum atomic E-state index is 0.230. The zero-order valence-electron chi connectivity index (χ0n) is 10.0. The second kappa shape index (κ2) is 5.93. The van der Waals surface area contributed by atoms with Gasteiger partial charge < -0.3 is 4.90 Å². The molecule has 1 saturated heterocycles. The summed E-state index contributed by atoms with van der Waals surface area (Å²) < 4.78 is 1.12. The molecule has 0 unspecified atom stereocenters. The van der Waals surface area contributed by atoms with Gasteiger partial charge in [-0.1, -0.05) is 12.1 Å². The van der Waals surface area contributed by atoms with Gasteiger partial charge in [-0.3, -0.25) is 9.69 Å². The summed E-state index contributed by atoms with van der Waals surface area (Å²) >= 11 is 2.24. The second-order valence-electron chi connectivity index (χ2n) is 4.51. The first-order chi connectivity index (χ1) is 8.15. The molecular formula is C13H17IN2O. The smallest absolute Gasteiger partial charge is 0.176 e. The Morgan fingerprint density at radius 2 is 2.00 bits per heavy atom. The van der Waals surface area contributed by atoms with Gasteiger partial charge in [-0.05, 0) is 41.8 Å². The van der Waals surface area contributed by atoms with Crippen LogP contribution in [0.5, 0.6) is 0 Å². The van der Waals surface area contributed by atoms with Crippen LogP contribution >= 0.6 is 22.6 Å². The van der Waals surface area contributed by atoms with Crippen molar-refractivity contribution in [1.29, 1.82) is 0 Å². The van der Waals surface area contributed by atoms with Gasteiger partial charge in [0.15, 0.2) is 5.78 Å². The monoisotopic (exact) mass is 344 g/mol. The predicted molar refractivity (Wildman–Crippen MR) is 77.4 cm³/mol. The number of rotatable bonds is 3.